The number of pyridine rings is 1. The van der Waals surface area contributed by atoms with E-state index in [0.717, 1.165) is 12.8 Å². The second-order valence-electron chi connectivity index (χ2n) is 7.47. The van der Waals surface area contributed by atoms with Crippen LogP contribution in [0.2, 0.25) is 0 Å². The zero-order valence-electron chi connectivity index (χ0n) is 17.2. The molecule has 30 heavy (non-hydrogen) atoms. The van der Waals surface area contributed by atoms with Crippen molar-refractivity contribution >= 4 is 17.7 Å². The summed E-state index contributed by atoms with van der Waals surface area (Å²) in [7, 11) is 0. The molecule has 1 aromatic rings. The molecular weight excluding hydrogens is 388 g/mol. The number of nitrogens with one attached hydrogen (secondary N) is 2. The second-order valence-corrected chi connectivity index (χ2v) is 7.47. The van der Waals surface area contributed by atoms with Crippen molar-refractivity contribution in [2.75, 3.05) is 46.0 Å². The van der Waals surface area contributed by atoms with Crippen molar-refractivity contribution in [3.63, 3.8) is 0 Å². The maximum atomic E-state index is 13.0. The highest BCUT2D eigenvalue weighted by Crippen LogP contribution is 2.19. The first-order valence-corrected chi connectivity index (χ1v) is 10.6. The van der Waals surface area contributed by atoms with Crippen molar-refractivity contribution < 1.29 is 23.9 Å². The number of carbonyl (C=O) groups excluding carboxylic acids is 3. The van der Waals surface area contributed by atoms with Crippen molar-refractivity contribution in [1.82, 2.24) is 20.5 Å². The summed E-state index contributed by atoms with van der Waals surface area (Å²) in [5.74, 6) is 0.0811. The normalized spacial score (nSPS) is 20.5. The Bertz CT molecular complexity index is 736. The topological polar surface area (TPSA) is 110 Å². The molecule has 0 saturated carbocycles. The molecule has 9 heteroatoms. The Morgan fingerprint density at radius 2 is 1.87 bits per heavy atom. The molecule has 3 heterocycles. The summed E-state index contributed by atoms with van der Waals surface area (Å²) in [5.41, 5.74) is 0.214. The van der Waals surface area contributed by atoms with Gasteiger partial charge in [-0.1, -0.05) is 0 Å². The van der Waals surface area contributed by atoms with E-state index in [4.69, 9.17) is 9.47 Å². The van der Waals surface area contributed by atoms with Crippen molar-refractivity contribution in [3.05, 3.63) is 24.0 Å². The first-order valence-electron chi connectivity index (χ1n) is 10.6. The molecule has 0 aliphatic carbocycles. The van der Waals surface area contributed by atoms with E-state index in [-0.39, 0.29) is 35.9 Å². The molecule has 0 radical (unpaired) electrons. The number of amides is 3. The minimum Gasteiger partial charge on any atom is -0.489 e. The van der Waals surface area contributed by atoms with Gasteiger partial charge in [0.05, 0.1) is 6.54 Å². The Balaban J connectivity index is 1.65. The Hall–Kier alpha value is -2.68. The number of rotatable bonds is 1. The first kappa shape index (κ1) is 22.0. The van der Waals surface area contributed by atoms with Gasteiger partial charge in [0.25, 0.3) is 5.91 Å². The van der Waals surface area contributed by atoms with Gasteiger partial charge >= 0.3 is 0 Å². The fourth-order valence-corrected chi connectivity index (χ4v) is 3.64. The van der Waals surface area contributed by atoms with Gasteiger partial charge in [-0.15, -0.1) is 0 Å². The van der Waals surface area contributed by atoms with Crippen molar-refractivity contribution in [1.29, 1.82) is 0 Å². The highest BCUT2D eigenvalue weighted by atomic mass is 16.5. The SMILES string of the molecule is O=C1CCCN(C(=O)C2CCOCC2)CCCNC(=O)c2ncccc2OCCN1. The molecule has 0 aromatic carbocycles. The zero-order chi connectivity index (χ0) is 21.2. The minimum absolute atomic E-state index is 0.0269. The van der Waals surface area contributed by atoms with Gasteiger partial charge in [0, 0.05) is 51.4 Å². The van der Waals surface area contributed by atoms with Crippen LogP contribution >= 0.6 is 0 Å². The van der Waals surface area contributed by atoms with E-state index in [0.29, 0.717) is 64.4 Å². The number of nitrogens with zero attached hydrogens (tertiary/aromatic N) is 2. The second kappa shape index (κ2) is 11.5. The van der Waals surface area contributed by atoms with Gasteiger partial charge in [0.2, 0.25) is 11.8 Å². The molecule has 3 rings (SSSR count). The molecule has 1 saturated heterocycles. The fraction of sp³-hybridized carbons (Fsp3) is 0.619. The van der Waals surface area contributed by atoms with E-state index < -0.39 is 0 Å². The summed E-state index contributed by atoms with van der Waals surface area (Å²) < 4.78 is 11.0. The number of carbonyl (C=O) groups is 3. The lowest BCUT2D eigenvalue weighted by molar-refractivity contribution is -0.139. The summed E-state index contributed by atoms with van der Waals surface area (Å²) in [6.07, 6.45) is 4.57. The molecule has 0 atom stereocenters. The van der Waals surface area contributed by atoms with Gasteiger partial charge in [0.1, 0.15) is 6.61 Å². The van der Waals surface area contributed by atoms with E-state index >= 15 is 0 Å². The van der Waals surface area contributed by atoms with Crippen LogP contribution in [-0.2, 0) is 14.3 Å². The molecular formula is C21H30N4O5. The summed E-state index contributed by atoms with van der Waals surface area (Å²) in [6.45, 7) is 3.27. The van der Waals surface area contributed by atoms with E-state index in [1.807, 2.05) is 4.90 Å². The van der Waals surface area contributed by atoms with Crippen LogP contribution in [-0.4, -0.2) is 73.6 Å². The predicted octanol–water partition coefficient (Wildman–Crippen LogP) is 0.746. The lowest BCUT2D eigenvalue weighted by Crippen LogP contribution is -2.41. The maximum absolute atomic E-state index is 13.0. The largest absolute Gasteiger partial charge is 0.489 e. The van der Waals surface area contributed by atoms with Crippen molar-refractivity contribution in [2.24, 2.45) is 5.92 Å². The third-order valence-corrected chi connectivity index (χ3v) is 5.27. The van der Waals surface area contributed by atoms with Crippen molar-refractivity contribution in [3.8, 4) is 5.75 Å². The number of aromatic nitrogens is 1. The number of fused-ring (bicyclic) bond motifs is 1. The molecule has 164 valence electrons. The van der Waals surface area contributed by atoms with Gasteiger partial charge in [-0.2, -0.15) is 0 Å². The molecule has 3 amide bonds. The third-order valence-electron chi connectivity index (χ3n) is 5.27. The molecule has 2 aliphatic heterocycles. The number of hydrogen-bond donors (Lipinski definition) is 2. The van der Waals surface area contributed by atoms with E-state index in [1.54, 1.807) is 12.1 Å². The van der Waals surface area contributed by atoms with Gasteiger partial charge in [0.15, 0.2) is 11.4 Å². The highest BCUT2D eigenvalue weighted by molar-refractivity contribution is 5.94. The van der Waals surface area contributed by atoms with Crippen LogP contribution in [0.3, 0.4) is 0 Å². The Morgan fingerprint density at radius 1 is 1.07 bits per heavy atom. The first-order chi connectivity index (χ1) is 14.6. The monoisotopic (exact) mass is 418 g/mol. The zero-order valence-corrected chi connectivity index (χ0v) is 17.2. The van der Waals surface area contributed by atoms with Crippen LogP contribution in [0.25, 0.3) is 0 Å². The molecule has 0 bridgehead atoms. The van der Waals surface area contributed by atoms with Crippen LogP contribution < -0.4 is 15.4 Å². The van der Waals surface area contributed by atoms with E-state index in [2.05, 4.69) is 15.6 Å². The molecule has 1 aromatic heterocycles. The van der Waals surface area contributed by atoms with E-state index in [9.17, 15) is 14.4 Å². The van der Waals surface area contributed by atoms with Crippen LogP contribution in [0.1, 0.15) is 42.6 Å². The highest BCUT2D eigenvalue weighted by Gasteiger charge is 2.26. The minimum atomic E-state index is -0.316. The average Bonchev–Trinajstić information content (AvgIpc) is 2.78. The summed E-state index contributed by atoms with van der Waals surface area (Å²) in [4.78, 5) is 43.5. The van der Waals surface area contributed by atoms with Crippen molar-refractivity contribution in [2.45, 2.75) is 32.1 Å². The molecule has 0 unspecified atom stereocenters. The molecule has 2 aliphatic rings. The summed E-state index contributed by atoms with van der Waals surface area (Å²) in [5, 5.41) is 5.67. The quantitative estimate of drug-likeness (QED) is 0.696. The lowest BCUT2D eigenvalue weighted by atomic mass is 9.98. The van der Waals surface area contributed by atoms with Crippen LogP contribution in [0.5, 0.6) is 5.75 Å². The molecule has 2 N–H and O–H groups in total. The standard InChI is InChI=1S/C21H30N4O5/c26-18-5-2-11-25(21(28)16-6-13-29-14-7-16)12-3-9-24-20(27)19-17(4-1-8-23-19)30-15-10-22-18/h1,4,8,16H,2-3,5-7,9-15H2,(H,22,26)(H,24,27). The summed E-state index contributed by atoms with van der Waals surface area (Å²) in [6, 6.07) is 3.38. The average molecular weight is 418 g/mol. The lowest BCUT2D eigenvalue weighted by Gasteiger charge is -2.29. The van der Waals surface area contributed by atoms with Gasteiger partial charge in [-0.3, -0.25) is 14.4 Å². The van der Waals surface area contributed by atoms with Crippen LogP contribution in [0.4, 0.5) is 0 Å². The number of ether oxygens (including phenoxy) is 2. The smallest absolute Gasteiger partial charge is 0.273 e. The predicted molar refractivity (Wildman–Crippen MR) is 109 cm³/mol. The fourth-order valence-electron chi connectivity index (χ4n) is 3.64. The van der Waals surface area contributed by atoms with E-state index in [1.165, 1.54) is 6.20 Å². The van der Waals surface area contributed by atoms with Crippen LogP contribution in [0, 0.1) is 5.92 Å². The Morgan fingerprint density at radius 3 is 2.70 bits per heavy atom. The van der Waals surface area contributed by atoms with Gasteiger partial charge < -0.3 is 25.0 Å². The van der Waals surface area contributed by atoms with Gasteiger partial charge in [-0.05, 0) is 37.8 Å². The van der Waals surface area contributed by atoms with Crippen LogP contribution in [0.15, 0.2) is 18.3 Å². The number of hydrogen-bond acceptors (Lipinski definition) is 6. The summed E-state index contributed by atoms with van der Waals surface area (Å²) >= 11 is 0. The third kappa shape index (κ3) is 6.41. The van der Waals surface area contributed by atoms with Gasteiger partial charge in [-0.25, -0.2) is 4.98 Å². The Kier molecular flexibility index (Phi) is 8.43. The molecule has 0 spiro atoms. The molecule has 9 nitrogen and oxygen atoms in total. The molecule has 1 fully saturated rings. The maximum Gasteiger partial charge on any atom is 0.273 e. The Labute approximate surface area is 176 Å².